The standard InChI is InChI=1S/C17H23N5O2/c1-20-7-3-4-14(20)16(23)22-10-13(15-19-18-12-21(15)2)17(11-22)5-8-24-9-6-17/h3-4,7,12-13H,5-6,8-11H2,1-2H3. The monoisotopic (exact) mass is 329 g/mol. The van der Waals surface area contributed by atoms with Crippen LogP contribution in [0.1, 0.15) is 35.1 Å². The maximum absolute atomic E-state index is 13.0. The summed E-state index contributed by atoms with van der Waals surface area (Å²) < 4.78 is 9.46. The largest absolute Gasteiger partial charge is 0.381 e. The lowest BCUT2D eigenvalue weighted by molar-refractivity contribution is 0.0107. The predicted molar refractivity (Wildman–Crippen MR) is 87.5 cm³/mol. The fraction of sp³-hybridized carbons (Fsp3) is 0.588. The van der Waals surface area contributed by atoms with E-state index < -0.39 is 0 Å². The molecule has 2 aromatic heterocycles. The van der Waals surface area contributed by atoms with E-state index in [0.29, 0.717) is 6.54 Å². The Morgan fingerprint density at radius 3 is 2.71 bits per heavy atom. The number of likely N-dealkylation sites (tertiary alicyclic amines) is 1. The van der Waals surface area contributed by atoms with Gasteiger partial charge in [-0.3, -0.25) is 4.79 Å². The molecule has 2 aliphatic heterocycles. The predicted octanol–water partition coefficient (Wildman–Crippen LogP) is 1.19. The average Bonchev–Trinajstić information content (AvgIpc) is 3.27. The first kappa shape index (κ1) is 15.4. The minimum absolute atomic E-state index is 0.0415. The van der Waals surface area contributed by atoms with Crippen LogP contribution in [0.3, 0.4) is 0 Å². The van der Waals surface area contributed by atoms with Crippen LogP contribution in [0.5, 0.6) is 0 Å². The van der Waals surface area contributed by atoms with Gasteiger partial charge in [-0.05, 0) is 25.0 Å². The summed E-state index contributed by atoms with van der Waals surface area (Å²) in [4.78, 5) is 15.0. The van der Waals surface area contributed by atoms with E-state index in [1.54, 1.807) is 6.33 Å². The molecule has 1 unspecified atom stereocenters. The fourth-order valence-electron chi connectivity index (χ4n) is 4.22. The van der Waals surface area contributed by atoms with Crippen molar-refractivity contribution in [1.82, 2.24) is 24.2 Å². The molecule has 0 saturated carbocycles. The number of rotatable bonds is 2. The summed E-state index contributed by atoms with van der Waals surface area (Å²) in [6.07, 6.45) is 5.57. The maximum atomic E-state index is 13.0. The molecule has 1 atom stereocenters. The van der Waals surface area contributed by atoms with Gasteiger partial charge in [0.2, 0.25) is 0 Å². The van der Waals surface area contributed by atoms with Gasteiger partial charge in [-0.25, -0.2) is 0 Å². The molecule has 0 bridgehead atoms. The Kier molecular flexibility index (Phi) is 3.68. The van der Waals surface area contributed by atoms with Crippen molar-refractivity contribution in [3.8, 4) is 0 Å². The van der Waals surface area contributed by atoms with E-state index in [0.717, 1.165) is 44.1 Å². The highest BCUT2D eigenvalue weighted by Gasteiger charge is 2.51. The van der Waals surface area contributed by atoms with Gasteiger partial charge < -0.3 is 18.8 Å². The van der Waals surface area contributed by atoms with E-state index in [1.807, 2.05) is 46.5 Å². The molecule has 128 valence electrons. The lowest BCUT2D eigenvalue weighted by Gasteiger charge is -2.37. The second-order valence-corrected chi connectivity index (χ2v) is 7.02. The molecule has 1 spiro atoms. The lowest BCUT2D eigenvalue weighted by atomic mass is 9.72. The molecule has 2 aromatic rings. The van der Waals surface area contributed by atoms with Crippen molar-refractivity contribution < 1.29 is 9.53 Å². The van der Waals surface area contributed by atoms with Crippen molar-refractivity contribution in [3.63, 3.8) is 0 Å². The van der Waals surface area contributed by atoms with E-state index in [9.17, 15) is 4.79 Å². The lowest BCUT2D eigenvalue weighted by Crippen LogP contribution is -2.38. The van der Waals surface area contributed by atoms with Crippen molar-refractivity contribution in [2.45, 2.75) is 18.8 Å². The molecular formula is C17H23N5O2. The summed E-state index contributed by atoms with van der Waals surface area (Å²) in [5.41, 5.74) is 0.774. The van der Waals surface area contributed by atoms with Crippen LogP contribution in [0.15, 0.2) is 24.7 Å². The summed E-state index contributed by atoms with van der Waals surface area (Å²) >= 11 is 0. The zero-order valence-electron chi connectivity index (χ0n) is 14.2. The Morgan fingerprint density at radius 2 is 2.08 bits per heavy atom. The molecule has 1 amide bonds. The number of nitrogens with zero attached hydrogens (tertiary/aromatic N) is 5. The molecule has 2 fully saturated rings. The SMILES string of the molecule is Cn1cccc1C(=O)N1CC(c2nncn2C)C2(CCOCC2)C1. The van der Waals surface area contributed by atoms with Gasteiger partial charge in [0.05, 0.1) is 0 Å². The minimum atomic E-state index is 0.0415. The van der Waals surface area contributed by atoms with Gasteiger partial charge >= 0.3 is 0 Å². The van der Waals surface area contributed by atoms with Gasteiger partial charge in [0.25, 0.3) is 5.91 Å². The quantitative estimate of drug-likeness (QED) is 0.830. The minimum Gasteiger partial charge on any atom is -0.381 e. The first-order valence-corrected chi connectivity index (χ1v) is 8.43. The highest BCUT2D eigenvalue weighted by Crippen LogP contribution is 2.49. The Labute approximate surface area is 141 Å². The average molecular weight is 329 g/mol. The summed E-state index contributed by atoms with van der Waals surface area (Å²) in [6, 6.07) is 3.79. The van der Waals surface area contributed by atoms with Crippen molar-refractivity contribution in [3.05, 3.63) is 36.2 Å². The highest BCUT2D eigenvalue weighted by molar-refractivity contribution is 5.93. The molecule has 7 nitrogen and oxygen atoms in total. The molecule has 24 heavy (non-hydrogen) atoms. The van der Waals surface area contributed by atoms with Crippen LogP contribution in [0, 0.1) is 5.41 Å². The van der Waals surface area contributed by atoms with E-state index in [2.05, 4.69) is 10.2 Å². The van der Waals surface area contributed by atoms with E-state index >= 15 is 0 Å². The van der Waals surface area contributed by atoms with Gasteiger partial charge in [0.15, 0.2) is 0 Å². The van der Waals surface area contributed by atoms with Crippen molar-refractivity contribution in [1.29, 1.82) is 0 Å². The van der Waals surface area contributed by atoms with E-state index in [1.165, 1.54) is 0 Å². The van der Waals surface area contributed by atoms with E-state index in [-0.39, 0.29) is 17.2 Å². The van der Waals surface area contributed by atoms with Crippen LogP contribution in [-0.2, 0) is 18.8 Å². The van der Waals surface area contributed by atoms with Gasteiger partial charge in [-0.15, -0.1) is 10.2 Å². The number of aryl methyl sites for hydroxylation is 2. The second-order valence-electron chi connectivity index (χ2n) is 7.02. The Bertz CT molecular complexity index is 744. The number of amides is 1. The highest BCUT2D eigenvalue weighted by atomic mass is 16.5. The first-order valence-electron chi connectivity index (χ1n) is 8.43. The molecular weight excluding hydrogens is 306 g/mol. The van der Waals surface area contributed by atoms with Crippen LogP contribution in [0.4, 0.5) is 0 Å². The normalized spacial score (nSPS) is 23.1. The Balaban J connectivity index is 1.67. The molecule has 2 aliphatic rings. The molecule has 0 aliphatic carbocycles. The third kappa shape index (κ3) is 2.34. The fourth-order valence-corrected chi connectivity index (χ4v) is 4.22. The topological polar surface area (TPSA) is 65.2 Å². The summed E-state index contributed by atoms with van der Waals surface area (Å²) in [5.74, 6) is 1.27. The van der Waals surface area contributed by atoms with Gasteiger partial charge in [0, 0.05) is 57.9 Å². The number of carbonyl (C=O) groups excluding carboxylic acids is 1. The Morgan fingerprint density at radius 1 is 1.29 bits per heavy atom. The van der Waals surface area contributed by atoms with Crippen LogP contribution in [-0.4, -0.2) is 56.4 Å². The number of hydrogen-bond donors (Lipinski definition) is 0. The summed E-state index contributed by atoms with van der Waals surface area (Å²) in [7, 11) is 3.89. The Hall–Kier alpha value is -2.15. The first-order chi connectivity index (χ1) is 11.6. The zero-order valence-corrected chi connectivity index (χ0v) is 14.2. The molecule has 2 saturated heterocycles. The molecule has 0 N–H and O–H groups in total. The summed E-state index contributed by atoms with van der Waals surface area (Å²) in [6.45, 7) is 2.95. The van der Waals surface area contributed by atoms with Crippen molar-refractivity contribution in [2.75, 3.05) is 26.3 Å². The van der Waals surface area contributed by atoms with Crippen molar-refractivity contribution >= 4 is 5.91 Å². The molecule has 7 heteroatoms. The van der Waals surface area contributed by atoms with E-state index in [4.69, 9.17) is 4.74 Å². The third-order valence-electron chi connectivity index (χ3n) is 5.64. The summed E-state index contributed by atoms with van der Waals surface area (Å²) in [5, 5.41) is 8.40. The number of hydrogen-bond acceptors (Lipinski definition) is 4. The van der Waals surface area contributed by atoms with Crippen LogP contribution < -0.4 is 0 Å². The van der Waals surface area contributed by atoms with Gasteiger partial charge in [0.1, 0.15) is 17.8 Å². The number of carbonyl (C=O) groups is 1. The third-order valence-corrected chi connectivity index (χ3v) is 5.64. The second kappa shape index (κ2) is 5.73. The smallest absolute Gasteiger partial charge is 0.270 e. The number of aromatic nitrogens is 4. The van der Waals surface area contributed by atoms with Crippen LogP contribution in [0.2, 0.25) is 0 Å². The van der Waals surface area contributed by atoms with Gasteiger partial charge in [-0.1, -0.05) is 0 Å². The maximum Gasteiger partial charge on any atom is 0.270 e. The molecule has 4 rings (SSSR count). The number of ether oxygens (including phenoxy) is 1. The zero-order chi connectivity index (χ0) is 16.7. The van der Waals surface area contributed by atoms with Crippen LogP contribution in [0.25, 0.3) is 0 Å². The van der Waals surface area contributed by atoms with Gasteiger partial charge in [-0.2, -0.15) is 0 Å². The molecule has 4 heterocycles. The molecule has 0 aromatic carbocycles. The van der Waals surface area contributed by atoms with Crippen LogP contribution >= 0.6 is 0 Å². The molecule has 0 radical (unpaired) electrons. The van der Waals surface area contributed by atoms with Crippen molar-refractivity contribution in [2.24, 2.45) is 19.5 Å².